The Morgan fingerprint density at radius 1 is 1.10 bits per heavy atom. The van der Waals surface area contributed by atoms with Gasteiger partial charge in [0.15, 0.2) is 6.10 Å². The third-order valence-corrected chi connectivity index (χ3v) is 2.95. The molecule has 0 bridgehead atoms. The van der Waals surface area contributed by atoms with E-state index < -0.39 is 12.0 Å². The highest BCUT2D eigenvalue weighted by molar-refractivity contribution is 5.96. The molecule has 0 aliphatic heterocycles. The zero-order valence-corrected chi connectivity index (χ0v) is 10.4. The van der Waals surface area contributed by atoms with Gasteiger partial charge >= 0.3 is 0 Å². The van der Waals surface area contributed by atoms with E-state index in [2.05, 4.69) is 20.7 Å². The maximum absolute atomic E-state index is 12.0. The Bertz CT molecular complexity index is 739. The van der Waals surface area contributed by atoms with Crippen LogP contribution in [0.15, 0.2) is 48.5 Å². The number of carbonyl (C=O) groups is 1. The van der Waals surface area contributed by atoms with Crippen LogP contribution < -0.4 is 5.32 Å². The fourth-order valence-electron chi connectivity index (χ4n) is 1.92. The van der Waals surface area contributed by atoms with Crippen LogP contribution in [0.3, 0.4) is 0 Å². The lowest BCUT2D eigenvalue weighted by atomic mass is 10.1. The molecule has 0 saturated carbocycles. The summed E-state index contributed by atoms with van der Waals surface area (Å²) in [5.41, 5.74) is 2.47. The molecule has 1 amide bonds. The van der Waals surface area contributed by atoms with Gasteiger partial charge in [0.1, 0.15) is 11.0 Å². The van der Waals surface area contributed by atoms with Crippen LogP contribution in [0, 0.1) is 0 Å². The zero-order chi connectivity index (χ0) is 13.9. The lowest BCUT2D eigenvalue weighted by Gasteiger charge is -2.11. The molecule has 0 fully saturated rings. The summed E-state index contributed by atoms with van der Waals surface area (Å²) in [6.07, 6.45) is -1.20. The number of aromatic nitrogens is 3. The molecular weight excluding hydrogens is 256 g/mol. The minimum atomic E-state index is -1.20. The molecule has 0 saturated heterocycles. The van der Waals surface area contributed by atoms with Gasteiger partial charge in [-0.25, -0.2) is 0 Å². The molecule has 1 aromatic heterocycles. The molecule has 3 N–H and O–H groups in total. The molecule has 0 radical (unpaired) electrons. The van der Waals surface area contributed by atoms with Crippen molar-refractivity contribution in [3.63, 3.8) is 0 Å². The van der Waals surface area contributed by atoms with E-state index in [1.165, 1.54) is 0 Å². The smallest absolute Gasteiger partial charge is 0.257 e. The first kappa shape index (κ1) is 12.3. The minimum absolute atomic E-state index is 0.487. The largest absolute Gasteiger partial charge is 0.378 e. The van der Waals surface area contributed by atoms with E-state index >= 15 is 0 Å². The molecule has 1 unspecified atom stereocenters. The van der Waals surface area contributed by atoms with Crippen LogP contribution >= 0.6 is 0 Å². The second-order valence-corrected chi connectivity index (χ2v) is 4.33. The molecule has 6 heteroatoms. The van der Waals surface area contributed by atoms with E-state index in [1.807, 2.05) is 6.07 Å². The molecule has 1 heterocycles. The molecule has 20 heavy (non-hydrogen) atoms. The number of aliphatic hydroxyl groups excluding tert-OH is 1. The minimum Gasteiger partial charge on any atom is -0.378 e. The van der Waals surface area contributed by atoms with E-state index in [0.29, 0.717) is 22.3 Å². The van der Waals surface area contributed by atoms with Gasteiger partial charge in [-0.15, -0.1) is 0 Å². The monoisotopic (exact) mass is 268 g/mol. The predicted molar refractivity (Wildman–Crippen MR) is 73.9 cm³/mol. The first-order chi connectivity index (χ1) is 9.74. The summed E-state index contributed by atoms with van der Waals surface area (Å²) in [6.45, 7) is 0. The van der Waals surface area contributed by atoms with Crippen molar-refractivity contribution in [2.75, 3.05) is 5.32 Å². The van der Waals surface area contributed by atoms with Gasteiger partial charge in [0.2, 0.25) is 0 Å². The van der Waals surface area contributed by atoms with Crippen molar-refractivity contribution in [3.8, 4) is 0 Å². The fraction of sp³-hybridized carbons (Fsp3) is 0.0714. The Morgan fingerprint density at radius 2 is 1.85 bits per heavy atom. The van der Waals surface area contributed by atoms with Gasteiger partial charge < -0.3 is 10.4 Å². The summed E-state index contributed by atoms with van der Waals surface area (Å²) in [4.78, 5) is 12.0. The number of fused-ring (bicyclic) bond motifs is 1. The Morgan fingerprint density at radius 3 is 2.65 bits per heavy atom. The van der Waals surface area contributed by atoms with Crippen molar-refractivity contribution < 1.29 is 9.90 Å². The van der Waals surface area contributed by atoms with Crippen molar-refractivity contribution in [2.45, 2.75) is 6.10 Å². The van der Waals surface area contributed by atoms with Gasteiger partial charge in [0.05, 0.1) is 0 Å². The summed E-state index contributed by atoms with van der Waals surface area (Å²) < 4.78 is 0. The van der Waals surface area contributed by atoms with Gasteiger partial charge in [-0.05, 0) is 23.8 Å². The first-order valence-electron chi connectivity index (χ1n) is 6.08. The van der Waals surface area contributed by atoms with Gasteiger partial charge in [-0.1, -0.05) is 30.3 Å². The van der Waals surface area contributed by atoms with E-state index in [0.717, 1.165) is 0 Å². The number of hydrogen-bond donors (Lipinski definition) is 3. The summed E-state index contributed by atoms with van der Waals surface area (Å²) >= 11 is 0. The van der Waals surface area contributed by atoms with E-state index in [4.69, 9.17) is 0 Å². The average Bonchev–Trinajstić information content (AvgIpc) is 2.95. The van der Waals surface area contributed by atoms with Crippen LogP contribution in [0.2, 0.25) is 0 Å². The highest BCUT2D eigenvalue weighted by atomic mass is 16.3. The van der Waals surface area contributed by atoms with Crippen LogP contribution in [0.5, 0.6) is 0 Å². The second kappa shape index (κ2) is 5.10. The standard InChI is InChI=1S/C14H12N4O2/c19-13(9-4-2-1-3-5-9)14(20)15-10-6-7-11-12(8-10)17-18-16-11/h1-8,13,19H,(H,15,20)(H,16,17,18). The fourth-order valence-corrected chi connectivity index (χ4v) is 1.92. The predicted octanol–water partition coefficient (Wildman–Crippen LogP) is 1.63. The first-order valence-corrected chi connectivity index (χ1v) is 6.08. The maximum atomic E-state index is 12.0. The molecule has 0 aliphatic rings. The van der Waals surface area contributed by atoms with Crippen LogP contribution in [0.25, 0.3) is 11.0 Å². The highest BCUT2D eigenvalue weighted by Crippen LogP contribution is 2.18. The highest BCUT2D eigenvalue weighted by Gasteiger charge is 2.17. The lowest BCUT2D eigenvalue weighted by Crippen LogP contribution is -2.20. The van der Waals surface area contributed by atoms with Crippen LogP contribution in [0.1, 0.15) is 11.7 Å². The van der Waals surface area contributed by atoms with Gasteiger partial charge in [0.25, 0.3) is 5.91 Å². The molecule has 1 atom stereocenters. The SMILES string of the molecule is O=C(Nc1ccc2n[nH]nc2c1)C(O)c1ccccc1. The van der Waals surface area contributed by atoms with Crippen molar-refractivity contribution in [1.29, 1.82) is 0 Å². The number of rotatable bonds is 3. The Hall–Kier alpha value is -2.73. The second-order valence-electron chi connectivity index (χ2n) is 4.33. The molecule has 100 valence electrons. The Balaban J connectivity index is 1.78. The average molecular weight is 268 g/mol. The molecule has 3 aromatic rings. The van der Waals surface area contributed by atoms with Gasteiger partial charge in [-0.2, -0.15) is 15.4 Å². The molecule has 0 aliphatic carbocycles. The van der Waals surface area contributed by atoms with Crippen molar-refractivity contribution in [2.24, 2.45) is 0 Å². The maximum Gasteiger partial charge on any atom is 0.257 e. The third kappa shape index (κ3) is 2.36. The topological polar surface area (TPSA) is 90.9 Å². The van der Waals surface area contributed by atoms with Crippen LogP contribution in [0.4, 0.5) is 5.69 Å². The number of H-pyrrole nitrogens is 1. The molecule has 2 aromatic carbocycles. The summed E-state index contributed by atoms with van der Waals surface area (Å²) in [7, 11) is 0. The lowest BCUT2D eigenvalue weighted by molar-refractivity contribution is -0.124. The normalized spacial score (nSPS) is 12.2. The van der Waals surface area contributed by atoms with Crippen molar-refractivity contribution in [3.05, 3.63) is 54.1 Å². The Labute approximate surface area is 114 Å². The Kier molecular flexibility index (Phi) is 3.14. The zero-order valence-electron chi connectivity index (χ0n) is 10.4. The number of carbonyl (C=O) groups excluding carboxylic acids is 1. The number of hydrogen-bond acceptors (Lipinski definition) is 4. The van der Waals surface area contributed by atoms with Crippen LogP contribution in [-0.4, -0.2) is 26.4 Å². The van der Waals surface area contributed by atoms with Crippen molar-refractivity contribution in [1.82, 2.24) is 15.4 Å². The third-order valence-electron chi connectivity index (χ3n) is 2.95. The van der Waals surface area contributed by atoms with E-state index in [1.54, 1.807) is 42.5 Å². The molecule has 3 rings (SSSR count). The number of amides is 1. The van der Waals surface area contributed by atoms with E-state index in [9.17, 15) is 9.90 Å². The number of anilines is 1. The summed E-state index contributed by atoms with van der Waals surface area (Å²) in [5.74, 6) is -0.487. The summed E-state index contributed by atoms with van der Waals surface area (Å²) in [6, 6.07) is 13.9. The quantitative estimate of drug-likeness (QED) is 0.673. The number of aromatic amines is 1. The van der Waals surface area contributed by atoms with Gasteiger partial charge in [-0.3, -0.25) is 4.79 Å². The number of nitrogens with zero attached hydrogens (tertiary/aromatic N) is 2. The van der Waals surface area contributed by atoms with E-state index in [-0.39, 0.29) is 0 Å². The number of benzene rings is 2. The molecule has 0 spiro atoms. The number of nitrogens with one attached hydrogen (secondary N) is 2. The van der Waals surface area contributed by atoms with Gasteiger partial charge in [0, 0.05) is 5.69 Å². The molecule has 6 nitrogen and oxygen atoms in total. The van der Waals surface area contributed by atoms with Crippen LogP contribution in [-0.2, 0) is 4.79 Å². The summed E-state index contributed by atoms with van der Waals surface area (Å²) in [5, 5.41) is 23.0. The molecular formula is C14H12N4O2. The van der Waals surface area contributed by atoms with Crippen molar-refractivity contribution >= 4 is 22.6 Å². The number of aliphatic hydroxyl groups is 1.